The molecule has 3 aromatic rings. The van der Waals surface area contributed by atoms with Crippen LogP contribution in [0.5, 0.6) is 5.75 Å². The highest BCUT2D eigenvalue weighted by Gasteiger charge is 2.19. The summed E-state index contributed by atoms with van der Waals surface area (Å²) in [5, 5.41) is 8.83. The maximum Gasteiger partial charge on any atom is 0.303 e. The standard InChI is InChI=1S/C32H39N3O5/c36-31(37)9-2-1-5-22-40-30-8-4-3-7-29(30)25-35(19-6-18-34-20-23-39-24-21-34)32(38)28-12-10-26(11-13-28)27-14-16-33-17-15-27/h3-4,7-8,10-17H,1-2,5-6,9,18-25H2,(H,36,37)/i19D. The second-order valence-corrected chi connectivity index (χ2v) is 9.83. The minimum atomic E-state index is -0.786. The van der Waals surface area contributed by atoms with Crippen molar-refractivity contribution in [2.45, 2.75) is 38.6 Å². The topological polar surface area (TPSA) is 92.2 Å². The lowest BCUT2D eigenvalue weighted by atomic mass is 10.0. The van der Waals surface area contributed by atoms with Crippen LogP contribution >= 0.6 is 0 Å². The van der Waals surface area contributed by atoms with E-state index in [2.05, 4.69) is 9.88 Å². The van der Waals surface area contributed by atoms with Gasteiger partial charge < -0.3 is 19.5 Å². The maximum absolute atomic E-state index is 13.9. The average molecular weight is 547 g/mol. The van der Waals surface area contributed by atoms with Gasteiger partial charge in [0.1, 0.15) is 5.75 Å². The highest BCUT2D eigenvalue weighted by Crippen LogP contribution is 2.23. The number of amides is 1. The summed E-state index contributed by atoms with van der Waals surface area (Å²) in [7, 11) is 0. The molecule has 0 bridgehead atoms. The van der Waals surface area contributed by atoms with Crippen molar-refractivity contribution >= 4 is 11.9 Å². The third-order valence-corrected chi connectivity index (χ3v) is 6.91. The smallest absolute Gasteiger partial charge is 0.303 e. The number of nitrogens with zero attached hydrogens (tertiary/aromatic N) is 3. The molecule has 1 aliphatic heterocycles. The Bertz CT molecular complexity index is 1240. The number of hydrogen-bond acceptors (Lipinski definition) is 6. The fourth-order valence-electron chi connectivity index (χ4n) is 4.65. The van der Waals surface area contributed by atoms with Crippen LogP contribution in [0.15, 0.2) is 73.1 Å². The van der Waals surface area contributed by atoms with Gasteiger partial charge in [0, 0.05) is 64.0 Å². The number of carboxylic acids is 1. The van der Waals surface area contributed by atoms with Crippen molar-refractivity contribution in [1.82, 2.24) is 14.8 Å². The summed E-state index contributed by atoms with van der Waals surface area (Å²) in [4.78, 5) is 32.6. The van der Waals surface area contributed by atoms with Crippen molar-refractivity contribution in [2.24, 2.45) is 0 Å². The molecule has 2 aromatic carbocycles. The molecule has 0 aliphatic carbocycles. The number of rotatable bonds is 15. The monoisotopic (exact) mass is 546 g/mol. The summed E-state index contributed by atoms with van der Waals surface area (Å²) in [6.45, 7) is 3.73. The van der Waals surface area contributed by atoms with Crippen LogP contribution in [0.1, 0.15) is 49.4 Å². The first kappa shape index (κ1) is 27.8. The lowest BCUT2D eigenvalue weighted by Gasteiger charge is -2.29. The van der Waals surface area contributed by atoms with Crippen LogP contribution in [0.2, 0.25) is 0 Å². The Kier molecular flexibility index (Phi) is 10.9. The number of hydrogen-bond donors (Lipinski definition) is 1. The quantitative estimate of drug-likeness (QED) is 0.264. The number of carbonyl (C=O) groups is 2. The molecule has 1 atom stereocenters. The molecule has 4 rings (SSSR count). The van der Waals surface area contributed by atoms with Gasteiger partial charge in [-0.25, -0.2) is 0 Å². The molecule has 2 heterocycles. The third-order valence-electron chi connectivity index (χ3n) is 6.91. The second-order valence-electron chi connectivity index (χ2n) is 9.83. The Morgan fingerprint density at radius 1 is 0.950 bits per heavy atom. The zero-order valence-corrected chi connectivity index (χ0v) is 22.9. The Morgan fingerprint density at radius 2 is 1.68 bits per heavy atom. The molecule has 0 saturated carbocycles. The number of unbranched alkanes of at least 4 members (excludes halogenated alkanes) is 2. The number of morpholine rings is 1. The van der Waals surface area contributed by atoms with E-state index >= 15 is 0 Å². The summed E-state index contributed by atoms with van der Waals surface area (Å²) in [5.74, 6) is -0.305. The summed E-state index contributed by atoms with van der Waals surface area (Å²) >= 11 is 0. The molecule has 8 heteroatoms. The van der Waals surface area contributed by atoms with Crippen LogP contribution in [-0.2, 0) is 16.1 Å². The molecule has 40 heavy (non-hydrogen) atoms. The van der Waals surface area contributed by atoms with Gasteiger partial charge in [-0.2, -0.15) is 0 Å². The predicted molar refractivity (Wildman–Crippen MR) is 154 cm³/mol. The van der Waals surface area contributed by atoms with Gasteiger partial charge in [-0.1, -0.05) is 30.3 Å². The van der Waals surface area contributed by atoms with Gasteiger partial charge in [0.05, 0.1) is 19.8 Å². The minimum absolute atomic E-state index is 0.159. The van der Waals surface area contributed by atoms with Crippen LogP contribution in [0.4, 0.5) is 0 Å². The number of carbonyl (C=O) groups excluding carboxylic acids is 1. The number of para-hydroxylation sites is 1. The fourth-order valence-corrected chi connectivity index (χ4v) is 4.65. The lowest BCUT2D eigenvalue weighted by Crippen LogP contribution is -2.39. The number of aliphatic carboxylic acids is 1. The van der Waals surface area contributed by atoms with E-state index in [1.807, 2.05) is 60.7 Å². The lowest BCUT2D eigenvalue weighted by molar-refractivity contribution is -0.137. The van der Waals surface area contributed by atoms with Crippen molar-refractivity contribution in [3.63, 3.8) is 0 Å². The van der Waals surface area contributed by atoms with Gasteiger partial charge in [-0.05, 0) is 67.1 Å². The van der Waals surface area contributed by atoms with Crippen molar-refractivity contribution in [2.75, 3.05) is 46.0 Å². The van der Waals surface area contributed by atoms with E-state index < -0.39 is 12.5 Å². The summed E-state index contributed by atoms with van der Waals surface area (Å²) < 4.78 is 20.5. The van der Waals surface area contributed by atoms with E-state index in [0.29, 0.717) is 44.0 Å². The molecule has 1 saturated heterocycles. The second kappa shape index (κ2) is 15.7. The Morgan fingerprint density at radius 3 is 2.42 bits per heavy atom. The summed E-state index contributed by atoms with van der Waals surface area (Å²) in [5.41, 5.74) is 3.38. The first-order valence-electron chi connectivity index (χ1n) is 14.6. The number of carboxylic acid groups (broad SMARTS) is 1. The highest BCUT2D eigenvalue weighted by molar-refractivity contribution is 5.94. The molecule has 1 amide bonds. The molecule has 1 fully saturated rings. The van der Waals surface area contributed by atoms with Crippen molar-refractivity contribution in [3.8, 4) is 16.9 Å². The molecule has 1 aliphatic rings. The van der Waals surface area contributed by atoms with Gasteiger partial charge in [0.2, 0.25) is 0 Å². The Balaban J connectivity index is 1.47. The average Bonchev–Trinajstić information content (AvgIpc) is 3.01. The van der Waals surface area contributed by atoms with Crippen molar-refractivity contribution < 1.29 is 25.5 Å². The van der Waals surface area contributed by atoms with E-state index in [-0.39, 0.29) is 18.9 Å². The Labute approximate surface area is 238 Å². The van der Waals surface area contributed by atoms with Crippen LogP contribution in [0.3, 0.4) is 0 Å². The van der Waals surface area contributed by atoms with E-state index in [4.69, 9.17) is 16.0 Å². The zero-order valence-electron chi connectivity index (χ0n) is 23.9. The number of pyridine rings is 1. The minimum Gasteiger partial charge on any atom is -0.493 e. The predicted octanol–water partition coefficient (Wildman–Crippen LogP) is 5.14. The fraction of sp³-hybridized carbons (Fsp3) is 0.406. The normalized spacial score (nSPS) is 14.8. The van der Waals surface area contributed by atoms with Crippen molar-refractivity contribution in [1.29, 1.82) is 0 Å². The molecule has 0 radical (unpaired) electrons. The first-order valence-corrected chi connectivity index (χ1v) is 14.0. The molecular formula is C32H39N3O5. The van der Waals surface area contributed by atoms with Crippen LogP contribution in [-0.4, -0.2) is 77.7 Å². The van der Waals surface area contributed by atoms with Gasteiger partial charge >= 0.3 is 5.97 Å². The maximum atomic E-state index is 13.9. The Hall–Kier alpha value is -3.75. The molecule has 212 valence electrons. The van der Waals surface area contributed by atoms with E-state index in [0.717, 1.165) is 49.2 Å². The molecule has 8 nitrogen and oxygen atoms in total. The zero-order chi connectivity index (χ0) is 28.9. The number of aromatic nitrogens is 1. The van der Waals surface area contributed by atoms with Crippen LogP contribution in [0.25, 0.3) is 11.1 Å². The third kappa shape index (κ3) is 9.17. The highest BCUT2D eigenvalue weighted by atomic mass is 16.5. The summed E-state index contributed by atoms with van der Waals surface area (Å²) in [6.07, 6.45) is 6.29. The van der Waals surface area contributed by atoms with Gasteiger partial charge in [-0.15, -0.1) is 0 Å². The van der Waals surface area contributed by atoms with Crippen LogP contribution in [0, 0.1) is 0 Å². The largest absolute Gasteiger partial charge is 0.493 e. The van der Waals surface area contributed by atoms with Gasteiger partial charge in [0.15, 0.2) is 0 Å². The van der Waals surface area contributed by atoms with Crippen molar-refractivity contribution in [3.05, 3.63) is 84.2 Å². The molecular weight excluding hydrogens is 506 g/mol. The molecule has 1 N–H and O–H groups in total. The molecule has 0 spiro atoms. The van der Waals surface area contributed by atoms with Crippen LogP contribution < -0.4 is 4.74 Å². The van der Waals surface area contributed by atoms with Gasteiger partial charge in [0.25, 0.3) is 5.91 Å². The summed E-state index contributed by atoms with van der Waals surface area (Å²) in [6, 6.07) is 19.0. The molecule has 1 aromatic heterocycles. The molecule has 1 unspecified atom stereocenters. The van der Waals surface area contributed by atoms with E-state index in [9.17, 15) is 9.59 Å². The SMILES string of the molecule is [2H]C(CCN1CCOCC1)N(Cc1ccccc1OCCCCCC(=O)O)C(=O)c1ccc(-c2ccncc2)cc1. The first-order chi connectivity index (χ1) is 20.0. The van der Waals surface area contributed by atoms with Gasteiger partial charge in [-0.3, -0.25) is 19.5 Å². The van der Waals surface area contributed by atoms with E-state index in [1.165, 1.54) is 0 Å². The number of benzene rings is 2. The van der Waals surface area contributed by atoms with E-state index in [1.54, 1.807) is 17.3 Å². The number of ether oxygens (including phenoxy) is 2.